The number of likely N-dealkylation sites (tertiary alicyclic amines) is 1. The molecule has 0 aromatic heterocycles. The van der Waals surface area contributed by atoms with Crippen LogP contribution in [-0.2, 0) is 27.6 Å². The van der Waals surface area contributed by atoms with Gasteiger partial charge < -0.3 is 19.1 Å². The van der Waals surface area contributed by atoms with Crippen molar-refractivity contribution in [2.75, 3.05) is 32.9 Å². The number of carbonyl (C=O) groups excluding carboxylic acids is 1. The Kier molecular flexibility index (Phi) is 4.90. The van der Waals surface area contributed by atoms with Crippen molar-refractivity contribution in [3.8, 4) is 11.5 Å². The van der Waals surface area contributed by atoms with Gasteiger partial charge in [-0.3, -0.25) is 0 Å². The Morgan fingerprint density at radius 2 is 2.00 bits per heavy atom. The van der Waals surface area contributed by atoms with E-state index in [9.17, 15) is 13.2 Å². The fourth-order valence-electron chi connectivity index (χ4n) is 3.90. The second-order valence-corrected chi connectivity index (χ2v) is 8.60. The molecule has 0 aliphatic carbocycles. The number of amides is 1. The summed E-state index contributed by atoms with van der Waals surface area (Å²) in [4.78, 5) is 13.7. The van der Waals surface area contributed by atoms with E-state index in [1.165, 1.54) is 0 Å². The van der Waals surface area contributed by atoms with E-state index in [0.29, 0.717) is 75.7 Å². The van der Waals surface area contributed by atoms with E-state index >= 15 is 0 Å². The molecule has 4 rings (SSSR count). The zero-order valence-corrected chi connectivity index (χ0v) is 16.1. The Bertz CT molecular complexity index is 814. The lowest BCUT2D eigenvalue weighted by molar-refractivity contribution is 0.0966. The van der Waals surface area contributed by atoms with Crippen LogP contribution in [0.1, 0.15) is 30.9 Å². The minimum Gasteiger partial charge on any atom is -0.493 e. The number of carbonyl (C=O) groups is 1. The third-order valence-electron chi connectivity index (χ3n) is 5.21. The van der Waals surface area contributed by atoms with Gasteiger partial charge in [-0.15, -0.1) is 0 Å². The molecule has 0 saturated carbocycles. The Morgan fingerprint density at radius 1 is 1.26 bits per heavy atom. The van der Waals surface area contributed by atoms with Crippen LogP contribution in [0.4, 0.5) is 4.79 Å². The highest BCUT2D eigenvalue weighted by Crippen LogP contribution is 2.43. The van der Waals surface area contributed by atoms with Crippen molar-refractivity contribution < 1.29 is 27.4 Å². The van der Waals surface area contributed by atoms with Gasteiger partial charge in [-0.2, -0.15) is 0 Å². The number of nitrogens with zero attached hydrogens (tertiary/aromatic N) is 1. The first kappa shape index (κ1) is 18.4. The molecule has 1 N–H and O–H groups in total. The maximum Gasteiger partial charge on any atom is 0.409 e. The van der Waals surface area contributed by atoms with Crippen molar-refractivity contribution in [3.63, 3.8) is 0 Å². The van der Waals surface area contributed by atoms with E-state index in [1.807, 2.05) is 6.07 Å². The highest BCUT2D eigenvalue weighted by Gasteiger charge is 2.35. The molecule has 3 heterocycles. The van der Waals surface area contributed by atoms with E-state index in [1.54, 1.807) is 11.8 Å². The van der Waals surface area contributed by atoms with E-state index in [2.05, 4.69) is 4.72 Å². The summed E-state index contributed by atoms with van der Waals surface area (Å²) < 4.78 is 45.5. The van der Waals surface area contributed by atoms with Gasteiger partial charge in [0.2, 0.25) is 10.0 Å². The predicted molar refractivity (Wildman–Crippen MR) is 96.8 cm³/mol. The van der Waals surface area contributed by atoms with Crippen LogP contribution in [0, 0.1) is 0 Å². The molecule has 0 bridgehead atoms. The van der Waals surface area contributed by atoms with Gasteiger partial charge in [-0.25, -0.2) is 17.9 Å². The first-order chi connectivity index (χ1) is 13.0. The summed E-state index contributed by atoms with van der Waals surface area (Å²) in [6, 6.07) is 1.68. The molecule has 0 atom stereocenters. The number of hydrogen-bond acceptors (Lipinski definition) is 6. The highest BCUT2D eigenvalue weighted by atomic mass is 32.2. The lowest BCUT2D eigenvalue weighted by Gasteiger charge is -2.31. The smallest absolute Gasteiger partial charge is 0.409 e. The van der Waals surface area contributed by atoms with E-state index in [4.69, 9.17) is 14.2 Å². The summed E-state index contributed by atoms with van der Waals surface area (Å²) in [5, 5.41) is 0. The van der Waals surface area contributed by atoms with E-state index in [-0.39, 0.29) is 17.0 Å². The normalized spacial score (nSPS) is 19.2. The van der Waals surface area contributed by atoms with Crippen LogP contribution in [0.2, 0.25) is 0 Å². The number of sulfonamides is 1. The van der Waals surface area contributed by atoms with Crippen molar-refractivity contribution in [2.24, 2.45) is 0 Å². The first-order valence-corrected chi connectivity index (χ1v) is 10.9. The quantitative estimate of drug-likeness (QED) is 0.828. The SMILES string of the molecule is CCOC(=O)N1CCC(NS(=O)(=O)c2c3c(cc4c2OCC4)OCC3)CC1. The van der Waals surface area contributed by atoms with E-state index < -0.39 is 10.0 Å². The molecule has 1 fully saturated rings. The van der Waals surface area contributed by atoms with Crippen molar-refractivity contribution in [1.82, 2.24) is 9.62 Å². The van der Waals surface area contributed by atoms with Crippen LogP contribution >= 0.6 is 0 Å². The molecule has 0 radical (unpaired) electrons. The average molecular weight is 396 g/mol. The monoisotopic (exact) mass is 396 g/mol. The van der Waals surface area contributed by atoms with Crippen molar-refractivity contribution >= 4 is 16.1 Å². The standard InChI is InChI=1S/C18H24N2O6S/c1-2-24-18(21)20-7-3-13(4-8-20)19-27(22,23)17-14-6-10-25-15(14)11-12-5-9-26-16(12)17/h11,13,19H,2-10H2,1H3. The Balaban J connectivity index is 1.52. The number of ether oxygens (including phenoxy) is 3. The fourth-order valence-corrected chi connectivity index (χ4v) is 5.65. The third-order valence-corrected chi connectivity index (χ3v) is 6.83. The van der Waals surface area contributed by atoms with Crippen LogP contribution in [-0.4, -0.2) is 58.4 Å². The summed E-state index contributed by atoms with van der Waals surface area (Å²) >= 11 is 0. The van der Waals surface area contributed by atoms with Gasteiger partial charge in [0.25, 0.3) is 0 Å². The molecule has 1 saturated heterocycles. The van der Waals surface area contributed by atoms with Gasteiger partial charge in [0, 0.05) is 43.1 Å². The minimum atomic E-state index is -3.75. The van der Waals surface area contributed by atoms with E-state index in [0.717, 1.165) is 5.56 Å². The van der Waals surface area contributed by atoms with Gasteiger partial charge in [0.05, 0.1) is 19.8 Å². The maximum atomic E-state index is 13.2. The number of nitrogens with one attached hydrogen (secondary N) is 1. The molecule has 148 valence electrons. The molecule has 3 aliphatic rings. The van der Waals surface area contributed by atoms with Crippen molar-refractivity contribution in [2.45, 2.75) is 43.5 Å². The van der Waals surface area contributed by atoms with Gasteiger partial charge in [0.1, 0.15) is 16.4 Å². The average Bonchev–Trinajstić information content (AvgIpc) is 3.28. The molecule has 0 spiro atoms. The van der Waals surface area contributed by atoms with Gasteiger partial charge in [-0.1, -0.05) is 0 Å². The van der Waals surface area contributed by atoms with Crippen LogP contribution < -0.4 is 14.2 Å². The minimum absolute atomic E-state index is 0.226. The lowest BCUT2D eigenvalue weighted by atomic mass is 10.1. The largest absolute Gasteiger partial charge is 0.493 e. The fraction of sp³-hybridized carbons (Fsp3) is 0.611. The maximum absolute atomic E-state index is 13.2. The Morgan fingerprint density at radius 3 is 2.74 bits per heavy atom. The molecule has 27 heavy (non-hydrogen) atoms. The lowest BCUT2D eigenvalue weighted by Crippen LogP contribution is -2.46. The number of benzene rings is 1. The van der Waals surface area contributed by atoms with Crippen molar-refractivity contribution in [3.05, 3.63) is 17.2 Å². The van der Waals surface area contributed by atoms with Gasteiger partial charge in [-0.05, 0) is 25.8 Å². The van der Waals surface area contributed by atoms with Gasteiger partial charge >= 0.3 is 6.09 Å². The van der Waals surface area contributed by atoms with Gasteiger partial charge in [0.15, 0.2) is 0 Å². The summed E-state index contributed by atoms with van der Waals surface area (Å²) in [5.74, 6) is 1.12. The summed E-state index contributed by atoms with van der Waals surface area (Å²) in [6.07, 6.45) is 2.00. The van der Waals surface area contributed by atoms with Crippen LogP contribution in [0.25, 0.3) is 0 Å². The molecule has 3 aliphatic heterocycles. The first-order valence-electron chi connectivity index (χ1n) is 9.38. The number of fused-ring (bicyclic) bond motifs is 2. The molecule has 9 heteroatoms. The summed E-state index contributed by atoms with van der Waals surface area (Å²) in [7, 11) is -3.75. The molecular weight excluding hydrogens is 372 g/mol. The third kappa shape index (κ3) is 3.45. The molecule has 1 aromatic carbocycles. The zero-order valence-electron chi connectivity index (χ0n) is 15.3. The highest BCUT2D eigenvalue weighted by molar-refractivity contribution is 7.89. The summed E-state index contributed by atoms with van der Waals surface area (Å²) in [6.45, 7) is 4.00. The number of hydrogen-bond donors (Lipinski definition) is 1. The molecule has 1 amide bonds. The number of rotatable bonds is 4. The number of piperidine rings is 1. The Labute approximate surface area is 158 Å². The zero-order chi connectivity index (χ0) is 19.0. The topological polar surface area (TPSA) is 94.2 Å². The second-order valence-electron chi connectivity index (χ2n) is 6.95. The second kappa shape index (κ2) is 7.20. The Hall–Kier alpha value is -2.00. The molecular formula is C18H24N2O6S. The molecule has 8 nitrogen and oxygen atoms in total. The predicted octanol–water partition coefficient (Wildman–Crippen LogP) is 1.46. The molecule has 0 unspecified atom stereocenters. The van der Waals surface area contributed by atoms with Crippen LogP contribution in [0.15, 0.2) is 11.0 Å². The van der Waals surface area contributed by atoms with Crippen LogP contribution in [0.5, 0.6) is 11.5 Å². The van der Waals surface area contributed by atoms with Crippen molar-refractivity contribution in [1.29, 1.82) is 0 Å². The van der Waals surface area contributed by atoms with Crippen LogP contribution in [0.3, 0.4) is 0 Å². The molecule has 1 aromatic rings. The summed E-state index contributed by atoms with van der Waals surface area (Å²) in [5.41, 5.74) is 1.58.